The molecular weight excluding hydrogens is 344 g/mol. The first-order chi connectivity index (χ1) is 13.8. The molecule has 2 aromatic carbocycles. The van der Waals surface area contributed by atoms with E-state index in [2.05, 4.69) is 89.6 Å². The SMILES string of the molecule is C1=CC2Nc3cc(C4=CC5Nc6ccccc6CC5C=C4)ccc3OC2C=C1. The van der Waals surface area contributed by atoms with Crippen molar-refractivity contribution >= 4 is 16.9 Å². The Balaban J connectivity index is 1.30. The van der Waals surface area contributed by atoms with Gasteiger partial charge in [0.15, 0.2) is 0 Å². The van der Waals surface area contributed by atoms with Crippen LogP contribution in [0.25, 0.3) is 5.57 Å². The maximum absolute atomic E-state index is 6.15. The van der Waals surface area contributed by atoms with Crippen molar-refractivity contribution in [2.45, 2.75) is 24.6 Å². The second-order valence-corrected chi connectivity index (χ2v) is 7.91. The number of nitrogens with one attached hydrogen (secondary N) is 2. The highest BCUT2D eigenvalue weighted by Crippen LogP contribution is 2.38. The van der Waals surface area contributed by atoms with E-state index in [1.165, 1.54) is 22.4 Å². The van der Waals surface area contributed by atoms with Gasteiger partial charge in [0.25, 0.3) is 0 Å². The number of ether oxygens (including phenoxy) is 1. The lowest BCUT2D eigenvalue weighted by Gasteiger charge is -2.35. The van der Waals surface area contributed by atoms with E-state index >= 15 is 0 Å². The fourth-order valence-electron chi connectivity index (χ4n) is 4.61. The predicted molar refractivity (Wildman–Crippen MR) is 115 cm³/mol. The summed E-state index contributed by atoms with van der Waals surface area (Å²) >= 11 is 0. The number of rotatable bonds is 1. The molecule has 2 aliphatic heterocycles. The maximum atomic E-state index is 6.15. The summed E-state index contributed by atoms with van der Waals surface area (Å²) in [4.78, 5) is 0. The zero-order valence-corrected chi connectivity index (χ0v) is 15.5. The van der Waals surface area contributed by atoms with Gasteiger partial charge in [-0.25, -0.2) is 0 Å². The number of para-hydroxylation sites is 1. The molecule has 2 aliphatic carbocycles. The Kier molecular flexibility index (Phi) is 3.48. The summed E-state index contributed by atoms with van der Waals surface area (Å²) in [5.74, 6) is 1.44. The van der Waals surface area contributed by atoms with E-state index in [1.807, 2.05) is 6.08 Å². The highest BCUT2D eigenvalue weighted by molar-refractivity contribution is 5.80. The average Bonchev–Trinajstić information content (AvgIpc) is 2.75. The molecular formula is C25H22N2O. The van der Waals surface area contributed by atoms with Crippen molar-refractivity contribution in [2.75, 3.05) is 10.6 Å². The molecule has 0 saturated heterocycles. The lowest BCUT2D eigenvalue weighted by Crippen LogP contribution is -2.39. The fourth-order valence-corrected chi connectivity index (χ4v) is 4.61. The Morgan fingerprint density at radius 2 is 1.75 bits per heavy atom. The molecule has 2 aromatic rings. The van der Waals surface area contributed by atoms with Gasteiger partial charge in [-0.15, -0.1) is 0 Å². The van der Waals surface area contributed by atoms with Crippen LogP contribution in [0.2, 0.25) is 0 Å². The lowest BCUT2D eigenvalue weighted by molar-refractivity contribution is 0.229. The van der Waals surface area contributed by atoms with Gasteiger partial charge in [0.1, 0.15) is 11.9 Å². The van der Waals surface area contributed by atoms with Gasteiger partial charge in [-0.05, 0) is 47.4 Å². The quantitative estimate of drug-likeness (QED) is 0.748. The molecule has 138 valence electrons. The molecule has 28 heavy (non-hydrogen) atoms. The number of anilines is 2. The largest absolute Gasteiger partial charge is 0.482 e. The van der Waals surface area contributed by atoms with E-state index < -0.39 is 0 Å². The number of benzene rings is 2. The van der Waals surface area contributed by atoms with Gasteiger partial charge in [-0.3, -0.25) is 0 Å². The standard InChI is InChI=1S/C25H22N2O/c1-2-6-20-18(5-1)13-19-10-9-16(14-22(19)26-20)17-11-12-25-23(15-17)27-21-7-3-4-8-24(21)28-25/h1-12,14-15,19,21-22,24,26-27H,13H2. The van der Waals surface area contributed by atoms with Gasteiger partial charge in [0.2, 0.25) is 0 Å². The summed E-state index contributed by atoms with van der Waals surface area (Å²) in [5, 5.41) is 7.33. The first-order valence-corrected chi connectivity index (χ1v) is 10.0. The predicted octanol–water partition coefficient (Wildman–Crippen LogP) is 4.96. The molecule has 0 saturated carbocycles. The van der Waals surface area contributed by atoms with Crippen LogP contribution in [-0.4, -0.2) is 18.2 Å². The molecule has 3 heteroatoms. The summed E-state index contributed by atoms with van der Waals surface area (Å²) < 4.78 is 6.15. The third-order valence-electron chi connectivity index (χ3n) is 6.12. The van der Waals surface area contributed by atoms with Gasteiger partial charge in [-0.1, -0.05) is 60.7 Å². The molecule has 3 nitrogen and oxygen atoms in total. The third-order valence-corrected chi connectivity index (χ3v) is 6.12. The number of allylic oxidation sites excluding steroid dienone is 4. The van der Waals surface area contributed by atoms with Crippen molar-refractivity contribution in [3.05, 3.63) is 96.1 Å². The van der Waals surface area contributed by atoms with Crippen LogP contribution in [0.1, 0.15) is 11.1 Å². The molecule has 0 bridgehead atoms. The molecule has 0 amide bonds. The zero-order chi connectivity index (χ0) is 18.5. The molecule has 0 fully saturated rings. The molecule has 0 radical (unpaired) electrons. The minimum Gasteiger partial charge on any atom is -0.482 e. The van der Waals surface area contributed by atoms with Crippen molar-refractivity contribution in [1.29, 1.82) is 0 Å². The highest BCUT2D eigenvalue weighted by atomic mass is 16.5. The van der Waals surface area contributed by atoms with Crippen molar-refractivity contribution in [3.8, 4) is 5.75 Å². The van der Waals surface area contributed by atoms with Gasteiger partial charge in [-0.2, -0.15) is 0 Å². The first kappa shape index (κ1) is 15.8. The zero-order valence-electron chi connectivity index (χ0n) is 15.5. The van der Waals surface area contributed by atoms with Crippen LogP contribution >= 0.6 is 0 Å². The molecule has 2 N–H and O–H groups in total. The van der Waals surface area contributed by atoms with E-state index in [0.717, 1.165) is 17.9 Å². The summed E-state index contributed by atoms with van der Waals surface area (Å²) in [7, 11) is 0. The van der Waals surface area contributed by atoms with E-state index in [1.54, 1.807) is 0 Å². The van der Waals surface area contributed by atoms with Crippen LogP contribution in [0.3, 0.4) is 0 Å². The molecule has 4 atom stereocenters. The number of hydrogen-bond acceptors (Lipinski definition) is 3. The smallest absolute Gasteiger partial charge is 0.143 e. The van der Waals surface area contributed by atoms with Gasteiger partial charge in [0, 0.05) is 11.6 Å². The maximum Gasteiger partial charge on any atom is 0.143 e. The van der Waals surface area contributed by atoms with Crippen LogP contribution in [0.4, 0.5) is 11.4 Å². The molecule has 4 aliphatic rings. The minimum absolute atomic E-state index is 0.0735. The Hall–Kier alpha value is -3.20. The second-order valence-electron chi connectivity index (χ2n) is 7.91. The summed E-state index contributed by atoms with van der Waals surface area (Å²) in [6.45, 7) is 0. The van der Waals surface area contributed by atoms with Crippen LogP contribution in [0, 0.1) is 5.92 Å². The Morgan fingerprint density at radius 1 is 0.857 bits per heavy atom. The van der Waals surface area contributed by atoms with Gasteiger partial charge >= 0.3 is 0 Å². The van der Waals surface area contributed by atoms with Crippen molar-refractivity contribution in [2.24, 2.45) is 5.92 Å². The van der Waals surface area contributed by atoms with Crippen LogP contribution in [-0.2, 0) is 6.42 Å². The second kappa shape index (κ2) is 6.16. The van der Waals surface area contributed by atoms with Crippen LogP contribution in [0.5, 0.6) is 5.75 Å². The Bertz CT molecular complexity index is 1060. The van der Waals surface area contributed by atoms with E-state index in [-0.39, 0.29) is 12.1 Å². The first-order valence-electron chi connectivity index (χ1n) is 10.0. The van der Waals surface area contributed by atoms with Gasteiger partial charge < -0.3 is 15.4 Å². The lowest BCUT2D eigenvalue weighted by atomic mass is 9.82. The summed E-state index contributed by atoms with van der Waals surface area (Å²) in [5.41, 5.74) is 6.22. The normalized spacial score (nSPS) is 28.5. The minimum atomic E-state index is 0.0735. The Labute approximate surface area is 165 Å². The molecule has 0 aromatic heterocycles. The highest BCUT2D eigenvalue weighted by Gasteiger charge is 2.29. The van der Waals surface area contributed by atoms with Crippen molar-refractivity contribution in [1.82, 2.24) is 0 Å². The van der Waals surface area contributed by atoms with Crippen LogP contribution < -0.4 is 15.4 Å². The third kappa shape index (κ3) is 2.58. The molecule has 6 rings (SSSR count). The average molecular weight is 366 g/mol. The number of hydrogen-bond donors (Lipinski definition) is 2. The van der Waals surface area contributed by atoms with E-state index in [0.29, 0.717) is 12.0 Å². The fraction of sp³-hybridized carbons (Fsp3) is 0.200. The molecule has 4 unspecified atom stereocenters. The summed E-state index contributed by atoms with van der Waals surface area (Å²) in [6, 6.07) is 15.6. The van der Waals surface area contributed by atoms with E-state index in [4.69, 9.17) is 4.74 Å². The monoisotopic (exact) mass is 366 g/mol. The molecule has 2 heterocycles. The summed E-state index contributed by atoms with van der Waals surface area (Å²) in [6.07, 6.45) is 16.6. The van der Waals surface area contributed by atoms with Gasteiger partial charge in [0.05, 0.1) is 17.8 Å². The Morgan fingerprint density at radius 3 is 2.75 bits per heavy atom. The van der Waals surface area contributed by atoms with Crippen molar-refractivity contribution in [3.63, 3.8) is 0 Å². The van der Waals surface area contributed by atoms with Crippen LogP contribution in [0.15, 0.2) is 85.0 Å². The van der Waals surface area contributed by atoms with Crippen molar-refractivity contribution < 1.29 is 4.74 Å². The topological polar surface area (TPSA) is 33.3 Å². The molecule has 0 spiro atoms. The van der Waals surface area contributed by atoms with E-state index in [9.17, 15) is 0 Å². The number of fused-ring (bicyclic) bond motifs is 4.